The van der Waals surface area contributed by atoms with Gasteiger partial charge in [0, 0.05) is 18.7 Å². The van der Waals surface area contributed by atoms with Gasteiger partial charge in [0.05, 0.1) is 16.9 Å². The van der Waals surface area contributed by atoms with E-state index in [1.807, 2.05) is 0 Å². The molecule has 0 aromatic heterocycles. The molecule has 1 atom stereocenters. The zero-order chi connectivity index (χ0) is 17.7. The highest BCUT2D eigenvalue weighted by Crippen LogP contribution is 2.30. The van der Waals surface area contributed by atoms with Crippen molar-refractivity contribution in [2.75, 3.05) is 13.7 Å². The van der Waals surface area contributed by atoms with E-state index in [0.29, 0.717) is 0 Å². The van der Waals surface area contributed by atoms with Crippen molar-refractivity contribution in [2.24, 2.45) is 11.7 Å². The first-order valence-electron chi connectivity index (χ1n) is 7.94. The third-order valence-electron chi connectivity index (χ3n) is 4.44. The molecule has 0 aliphatic heterocycles. The molecule has 3 N–H and O–H groups in total. The van der Waals surface area contributed by atoms with Crippen LogP contribution in [-0.4, -0.2) is 33.0 Å². The molecule has 0 spiro atoms. The molecule has 1 aromatic carbocycles. The normalized spacial score (nSPS) is 16.7. The van der Waals surface area contributed by atoms with Crippen molar-refractivity contribution < 1.29 is 18.1 Å². The molecular formula is C15H24ClN3O5S. The molecule has 1 fully saturated rings. The Kier molecular flexibility index (Phi) is 8.07. The van der Waals surface area contributed by atoms with E-state index < -0.39 is 14.9 Å². The minimum Gasteiger partial charge on any atom is -0.490 e. The Balaban J connectivity index is 0.00000312. The number of sulfonamides is 1. The number of ether oxygens (including phenoxy) is 1. The van der Waals surface area contributed by atoms with E-state index in [0.717, 1.165) is 38.2 Å². The van der Waals surface area contributed by atoms with Crippen LogP contribution < -0.4 is 15.2 Å². The molecule has 0 heterocycles. The SMILES string of the molecule is COc1ccc(S(=O)(=O)NC(CN)C2CCCCC2)cc1[N+](=O)[O-].Cl. The van der Waals surface area contributed by atoms with Gasteiger partial charge in [0.15, 0.2) is 5.75 Å². The van der Waals surface area contributed by atoms with Crippen LogP contribution in [0.4, 0.5) is 5.69 Å². The number of rotatable bonds is 7. The molecule has 1 aromatic rings. The molecule has 2 rings (SSSR count). The van der Waals surface area contributed by atoms with Gasteiger partial charge in [-0.25, -0.2) is 13.1 Å². The van der Waals surface area contributed by atoms with Crippen molar-refractivity contribution >= 4 is 28.1 Å². The second kappa shape index (κ2) is 9.33. The Hall–Kier alpha value is -1.42. The van der Waals surface area contributed by atoms with E-state index >= 15 is 0 Å². The summed E-state index contributed by atoms with van der Waals surface area (Å²) in [5.74, 6) is 0.216. The largest absolute Gasteiger partial charge is 0.490 e. The highest BCUT2D eigenvalue weighted by Gasteiger charge is 2.29. The zero-order valence-electron chi connectivity index (χ0n) is 14.0. The molecule has 8 nitrogen and oxygen atoms in total. The molecule has 0 bridgehead atoms. The van der Waals surface area contributed by atoms with Gasteiger partial charge >= 0.3 is 5.69 Å². The lowest BCUT2D eigenvalue weighted by molar-refractivity contribution is -0.386. The van der Waals surface area contributed by atoms with Crippen molar-refractivity contribution in [2.45, 2.75) is 43.0 Å². The maximum absolute atomic E-state index is 12.6. The first-order valence-corrected chi connectivity index (χ1v) is 9.42. The number of benzene rings is 1. The lowest BCUT2D eigenvalue weighted by Crippen LogP contribution is -2.45. The number of nitrogens with zero attached hydrogens (tertiary/aromatic N) is 1. The maximum Gasteiger partial charge on any atom is 0.312 e. The van der Waals surface area contributed by atoms with Gasteiger partial charge in [0.25, 0.3) is 0 Å². The molecule has 1 aliphatic carbocycles. The van der Waals surface area contributed by atoms with Crippen LogP contribution >= 0.6 is 12.4 Å². The topological polar surface area (TPSA) is 125 Å². The summed E-state index contributed by atoms with van der Waals surface area (Å²) in [5, 5.41) is 11.1. The highest BCUT2D eigenvalue weighted by atomic mass is 35.5. The summed E-state index contributed by atoms with van der Waals surface area (Å²) in [5.41, 5.74) is 5.37. The Bertz CT molecular complexity index is 692. The molecule has 1 aliphatic rings. The minimum atomic E-state index is -3.89. The summed E-state index contributed by atoms with van der Waals surface area (Å²) in [4.78, 5) is 10.2. The predicted molar refractivity (Wildman–Crippen MR) is 96.6 cm³/mol. The van der Waals surface area contributed by atoms with Crippen molar-refractivity contribution in [3.8, 4) is 5.75 Å². The average molecular weight is 394 g/mol. The molecule has 1 unspecified atom stereocenters. The lowest BCUT2D eigenvalue weighted by Gasteiger charge is -2.29. The molecule has 0 radical (unpaired) electrons. The monoisotopic (exact) mass is 393 g/mol. The van der Waals surface area contributed by atoms with Gasteiger partial charge in [-0.2, -0.15) is 0 Å². The van der Waals surface area contributed by atoms with E-state index in [-0.39, 0.29) is 47.2 Å². The number of halogens is 1. The minimum absolute atomic E-state index is 0. The van der Waals surface area contributed by atoms with Crippen molar-refractivity contribution in [3.05, 3.63) is 28.3 Å². The molecule has 0 saturated heterocycles. The molecule has 10 heteroatoms. The van der Waals surface area contributed by atoms with E-state index in [1.165, 1.54) is 19.2 Å². The number of nitrogens with one attached hydrogen (secondary N) is 1. The fourth-order valence-electron chi connectivity index (χ4n) is 3.12. The van der Waals surface area contributed by atoms with Gasteiger partial charge in [-0.05, 0) is 30.9 Å². The predicted octanol–water partition coefficient (Wildman–Crippen LogP) is 2.21. The van der Waals surface area contributed by atoms with Gasteiger partial charge in [-0.1, -0.05) is 19.3 Å². The summed E-state index contributed by atoms with van der Waals surface area (Å²) in [6.07, 6.45) is 5.17. The van der Waals surface area contributed by atoms with E-state index in [2.05, 4.69) is 4.72 Å². The molecule has 1 saturated carbocycles. The second-order valence-electron chi connectivity index (χ2n) is 5.95. The fraction of sp³-hybridized carbons (Fsp3) is 0.600. The van der Waals surface area contributed by atoms with E-state index in [4.69, 9.17) is 10.5 Å². The van der Waals surface area contributed by atoms with Gasteiger partial charge in [0.2, 0.25) is 10.0 Å². The number of methoxy groups -OCH3 is 1. The second-order valence-corrected chi connectivity index (χ2v) is 7.67. The smallest absolute Gasteiger partial charge is 0.312 e. The third-order valence-corrected chi connectivity index (χ3v) is 5.92. The van der Waals surface area contributed by atoms with Crippen molar-refractivity contribution in [3.63, 3.8) is 0 Å². The van der Waals surface area contributed by atoms with Crippen LogP contribution in [0, 0.1) is 16.0 Å². The number of hydrogen-bond acceptors (Lipinski definition) is 6. The first kappa shape index (κ1) is 21.6. The fourth-order valence-corrected chi connectivity index (χ4v) is 4.46. The number of hydrogen-bond donors (Lipinski definition) is 2. The van der Waals surface area contributed by atoms with Gasteiger partial charge in [0.1, 0.15) is 0 Å². The zero-order valence-corrected chi connectivity index (χ0v) is 15.6. The Morgan fingerprint density at radius 3 is 2.52 bits per heavy atom. The van der Waals surface area contributed by atoms with E-state index in [9.17, 15) is 18.5 Å². The Morgan fingerprint density at radius 1 is 1.36 bits per heavy atom. The number of nitrogens with two attached hydrogens (primary N) is 1. The first-order chi connectivity index (χ1) is 11.4. The Morgan fingerprint density at radius 2 is 2.00 bits per heavy atom. The molecule has 142 valence electrons. The molecule has 25 heavy (non-hydrogen) atoms. The van der Waals surface area contributed by atoms with Crippen LogP contribution in [0.5, 0.6) is 5.75 Å². The average Bonchev–Trinajstić information content (AvgIpc) is 2.59. The van der Waals surface area contributed by atoms with Gasteiger partial charge in [-0.15, -0.1) is 12.4 Å². The number of nitro benzene ring substituents is 1. The van der Waals surface area contributed by atoms with Gasteiger partial charge < -0.3 is 10.5 Å². The quantitative estimate of drug-likeness (QED) is 0.540. The van der Waals surface area contributed by atoms with Crippen molar-refractivity contribution in [1.82, 2.24) is 4.72 Å². The lowest BCUT2D eigenvalue weighted by atomic mass is 9.84. The van der Waals surface area contributed by atoms with Crippen LogP contribution in [0.3, 0.4) is 0 Å². The summed E-state index contributed by atoms with van der Waals surface area (Å²) in [7, 11) is -2.60. The third kappa shape index (κ3) is 5.27. The van der Waals surface area contributed by atoms with Crippen LogP contribution in [0.2, 0.25) is 0 Å². The van der Waals surface area contributed by atoms with Gasteiger partial charge in [-0.3, -0.25) is 10.1 Å². The maximum atomic E-state index is 12.6. The highest BCUT2D eigenvalue weighted by molar-refractivity contribution is 7.89. The summed E-state index contributed by atoms with van der Waals surface area (Å²) < 4.78 is 32.7. The molecule has 0 amide bonds. The van der Waals surface area contributed by atoms with Crippen LogP contribution in [0.1, 0.15) is 32.1 Å². The standard InChI is InChI=1S/C15H23N3O5S.ClH/c1-23-15-8-7-12(9-14(15)18(19)20)24(21,22)17-13(10-16)11-5-3-2-4-6-11;/h7-9,11,13,17H,2-6,10,16H2,1H3;1H. The van der Waals surface area contributed by atoms with E-state index in [1.54, 1.807) is 0 Å². The van der Waals surface area contributed by atoms with Crippen LogP contribution in [-0.2, 0) is 10.0 Å². The Labute approximate surface area is 153 Å². The molecular weight excluding hydrogens is 370 g/mol. The van der Waals surface area contributed by atoms with Crippen molar-refractivity contribution in [1.29, 1.82) is 0 Å². The summed E-state index contributed by atoms with van der Waals surface area (Å²) in [6, 6.07) is 3.22. The van der Waals surface area contributed by atoms with Crippen LogP contribution in [0.15, 0.2) is 23.1 Å². The number of nitro groups is 1. The summed E-state index contributed by atoms with van der Waals surface area (Å²) >= 11 is 0. The van der Waals surface area contributed by atoms with Crippen LogP contribution in [0.25, 0.3) is 0 Å². The summed E-state index contributed by atoms with van der Waals surface area (Å²) in [6.45, 7) is 0.197.